The van der Waals surface area contributed by atoms with E-state index in [0.717, 1.165) is 25.9 Å². The summed E-state index contributed by atoms with van der Waals surface area (Å²) in [5.41, 5.74) is 1.17. The van der Waals surface area contributed by atoms with Crippen LogP contribution in [0.1, 0.15) is 25.7 Å². The second-order valence-electron chi connectivity index (χ2n) is 6.46. The molecule has 2 fully saturated rings. The molecular weight excluding hydrogens is 292 g/mol. The first-order valence-electron chi connectivity index (χ1n) is 8.46. The van der Waals surface area contributed by atoms with Crippen molar-refractivity contribution in [2.45, 2.75) is 25.7 Å². The predicted molar refractivity (Wildman–Crippen MR) is 85.7 cm³/mol. The minimum absolute atomic E-state index is 0.00612. The lowest BCUT2D eigenvalue weighted by Crippen LogP contribution is -2.53. The fraction of sp³-hybridized carbons (Fsp3) is 0.556. The van der Waals surface area contributed by atoms with Gasteiger partial charge in [0.15, 0.2) is 0 Å². The van der Waals surface area contributed by atoms with Gasteiger partial charge in [-0.2, -0.15) is 0 Å². The smallest absolute Gasteiger partial charge is 0.226 e. The van der Waals surface area contributed by atoms with E-state index in [0.29, 0.717) is 25.9 Å². The third-order valence-electron chi connectivity index (χ3n) is 5.10. The highest BCUT2D eigenvalue weighted by Crippen LogP contribution is 2.31. The third-order valence-corrected chi connectivity index (χ3v) is 5.10. The Balaban J connectivity index is 1.60. The zero-order valence-electron chi connectivity index (χ0n) is 13.3. The standard InChI is InChI=1S/C18H24N2O3/c21-17(15-8-4-5-9-16(15)18(22)23)20-12-10-19(11-13-20)14-6-2-1-3-7-14/h1-3,6-7,15-16H,4-5,8-13H2,(H,22,23)/p-1. The van der Waals surface area contributed by atoms with E-state index in [2.05, 4.69) is 17.0 Å². The lowest BCUT2D eigenvalue weighted by molar-refractivity contribution is -0.314. The summed E-state index contributed by atoms with van der Waals surface area (Å²) in [6, 6.07) is 10.2. The highest BCUT2D eigenvalue weighted by atomic mass is 16.4. The second kappa shape index (κ2) is 7.02. The number of nitrogens with zero attached hydrogens (tertiary/aromatic N) is 2. The lowest BCUT2D eigenvalue weighted by atomic mass is 9.78. The molecule has 2 aliphatic rings. The SMILES string of the molecule is O=C([O-])C1CCCCC1C(=O)N1CCN(c2ccccc2)CC1. The van der Waals surface area contributed by atoms with Crippen molar-refractivity contribution in [3.63, 3.8) is 0 Å². The van der Waals surface area contributed by atoms with Crippen LogP contribution in [0.2, 0.25) is 0 Å². The van der Waals surface area contributed by atoms with Crippen molar-refractivity contribution in [2.75, 3.05) is 31.1 Å². The van der Waals surface area contributed by atoms with E-state index in [1.54, 1.807) is 0 Å². The Hall–Kier alpha value is -2.04. The van der Waals surface area contributed by atoms with Crippen molar-refractivity contribution in [1.29, 1.82) is 0 Å². The summed E-state index contributed by atoms with van der Waals surface area (Å²) in [6.07, 6.45) is 3.06. The van der Waals surface area contributed by atoms with Crippen LogP contribution in [-0.2, 0) is 9.59 Å². The van der Waals surface area contributed by atoms with Crippen molar-refractivity contribution < 1.29 is 14.7 Å². The molecule has 1 amide bonds. The summed E-state index contributed by atoms with van der Waals surface area (Å²) in [4.78, 5) is 28.1. The van der Waals surface area contributed by atoms with Crippen LogP contribution in [0.3, 0.4) is 0 Å². The first kappa shape index (κ1) is 15.8. The summed E-state index contributed by atoms with van der Waals surface area (Å²) < 4.78 is 0. The molecule has 1 aromatic rings. The van der Waals surface area contributed by atoms with E-state index in [1.165, 1.54) is 5.69 Å². The summed E-state index contributed by atoms with van der Waals surface area (Å²) in [5, 5.41) is 11.3. The van der Waals surface area contributed by atoms with Gasteiger partial charge in [0.25, 0.3) is 0 Å². The maximum atomic E-state index is 12.7. The number of para-hydroxylation sites is 1. The van der Waals surface area contributed by atoms with Gasteiger partial charge in [-0.05, 0) is 25.0 Å². The van der Waals surface area contributed by atoms with E-state index in [4.69, 9.17) is 0 Å². The number of carboxylic acid groups (broad SMARTS) is 1. The monoisotopic (exact) mass is 315 g/mol. The molecule has 0 spiro atoms. The van der Waals surface area contributed by atoms with E-state index in [-0.39, 0.29) is 5.91 Å². The highest BCUT2D eigenvalue weighted by Gasteiger charge is 2.35. The Morgan fingerprint density at radius 2 is 1.52 bits per heavy atom. The molecular formula is C18H23N2O3-. The fourth-order valence-electron chi connectivity index (χ4n) is 3.77. The number of amides is 1. The molecule has 1 heterocycles. The normalized spacial score (nSPS) is 25.2. The Labute approximate surface area is 136 Å². The number of carbonyl (C=O) groups is 2. The van der Waals surface area contributed by atoms with Gasteiger partial charge in [-0.25, -0.2) is 0 Å². The van der Waals surface area contributed by atoms with Gasteiger partial charge in [0, 0.05) is 49.7 Å². The van der Waals surface area contributed by atoms with Crippen molar-refractivity contribution >= 4 is 17.6 Å². The number of hydrogen-bond donors (Lipinski definition) is 0. The number of carbonyl (C=O) groups excluding carboxylic acids is 2. The number of piperazine rings is 1. The molecule has 2 unspecified atom stereocenters. The van der Waals surface area contributed by atoms with Gasteiger partial charge in [-0.1, -0.05) is 31.0 Å². The van der Waals surface area contributed by atoms with E-state index in [1.807, 2.05) is 23.1 Å². The molecule has 1 aliphatic heterocycles. The van der Waals surface area contributed by atoms with E-state index in [9.17, 15) is 14.7 Å². The zero-order chi connectivity index (χ0) is 16.2. The van der Waals surface area contributed by atoms with Crippen LogP contribution < -0.4 is 10.0 Å². The van der Waals surface area contributed by atoms with Crippen molar-refractivity contribution in [2.24, 2.45) is 11.8 Å². The number of rotatable bonds is 3. The molecule has 0 N–H and O–H groups in total. The molecule has 2 atom stereocenters. The van der Waals surface area contributed by atoms with Gasteiger partial charge in [0.2, 0.25) is 5.91 Å². The topological polar surface area (TPSA) is 63.7 Å². The molecule has 5 nitrogen and oxygen atoms in total. The highest BCUT2D eigenvalue weighted by molar-refractivity contribution is 5.84. The van der Waals surface area contributed by atoms with Crippen LogP contribution >= 0.6 is 0 Å². The maximum Gasteiger partial charge on any atom is 0.226 e. The minimum atomic E-state index is -1.06. The van der Waals surface area contributed by atoms with Crippen LogP contribution in [-0.4, -0.2) is 43.0 Å². The van der Waals surface area contributed by atoms with Gasteiger partial charge in [0.1, 0.15) is 0 Å². The molecule has 1 saturated carbocycles. The minimum Gasteiger partial charge on any atom is -0.550 e. The van der Waals surface area contributed by atoms with Crippen LogP contribution in [0.5, 0.6) is 0 Å². The average Bonchev–Trinajstić information content (AvgIpc) is 2.62. The number of carboxylic acids is 1. The second-order valence-corrected chi connectivity index (χ2v) is 6.46. The molecule has 0 radical (unpaired) electrons. The van der Waals surface area contributed by atoms with Crippen molar-refractivity contribution in [1.82, 2.24) is 4.90 Å². The largest absolute Gasteiger partial charge is 0.550 e. The first-order chi connectivity index (χ1) is 11.2. The average molecular weight is 315 g/mol. The summed E-state index contributed by atoms with van der Waals surface area (Å²) in [7, 11) is 0. The Morgan fingerprint density at radius 1 is 0.913 bits per heavy atom. The van der Waals surface area contributed by atoms with Crippen LogP contribution in [0, 0.1) is 11.8 Å². The quantitative estimate of drug-likeness (QED) is 0.831. The van der Waals surface area contributed by atoms with Crippen molar-refractivity contribution in [3.8, 4) is 0 Å². The van der Waals surface area contributed by atoms with E-state index >= 15 is 0 Å². The molecule has 1 aliphatic carbocycles. The zero-order valence-corrected chi connectivity index (χ0v) is 13.3. The fourth-order valence-corrected chi connectivity index (χ4v) is 3.77. The number of anilines is 1. The predicted octanol–water partition coefficient (Wildman–Crippen LogP) is 0.891. The molecule has 23 heavy (non-hydrogen) atoms. The van der Waals surface area contributed by atoms with Gasteiger partial charge in [-0.3, -0.25) is 4.79 Å². The van der Waals surface area contributed by atoms with Gasteiger partial charge in [-0.15, -0.1) is 0 Å². The Kier molecular flexibility index (Phi) is 4.84. The summed E-state index contributed by atoms with van der Waals surface area (Å²) in [6.45, 7) is 2.89. The number of aliphatic carboxylic acids is 1. The number of benzene rings is 1. The molecule has 5 heteroatoms. The molecule has 0 bridgehead atoms. The summed E-state index contributed by atoms with van der Waals surface area (Å²) >= 11 is 0. The molecule has 3 rings (SSSR count). The molecule has 124 valence electrons. The summed E-state index contributed by atoms with van der Waals surface area (Å²) in [5.74, 6) is -2.06. The molecule has 0 aromatic heterocycles. The maximum absolute atomic E-state index is 12.7. The number of hydrogen-bond acceptors (Lipinski definition) is 4. The molecule has 1 saturated heterocycles. The van der Waals surface area contributed by atoms with Crippen LogP contribution in [0.4, 0.5) is 5.69 Å². The third kappa shape index (κ3) is 3.49. The first-order valence-corrected chi connectivity index (χ1v) is 8.46. The van der Waals surface area contributed by atoms with Gasteiger partial charge in [0.05, 0.1) is 0 Å². The van der Waals surface area contributed by atoms with E-state index < -0.39 is 17.8 Å². The van der Waals surface area contributed by atoms with Crippen molar-refractivity contribution in [3.05, 3.63) is 30.3 Å². The van der Waals surface area contributed by atoms with Gasteiger partial charge >= 0.3 is 0 Å². The lowest BCUT2D eigenvalue weighted by Gasteiger charge is -2.40. The van der Waals surface area contributed by atoms with Crippen LogP contribution in [0.25, 0.3) is 0 Å². The molecule has 1 aromatic carbocycles. The van der Waals surface area contributed by atoms with Gasteiger partial charge < -0.3 is 19.7 Å². The Bertz CT molecular complexity index is 553. The Morgan fingerprint density at radius 3 is 2.13 bits per heavy atom. The van der Waals surface area contributed by atoms with Crippen LogP contribution in [0.15, 0.2) is 30.3 Å².